The Kier molecular flexibility index (Phi) is 2.90. The van der Waals surface area contributed by atoms with Gasteiger partial charge in [0, 0.05) is 12.4 Å². The number of nitrogen functional groups attached to an aromatic ring is 1. The molecule has 0 atom stereocenters. The van der Waals surface area contributed by atoms with Gasteiger partial charge in [-0.05, 0) is 24.3 Å². The lowest BCUT2D eigenvalue weighted by Gasteiger charge is -2.11. The highest BCUT2D eigenvalue weighted by atomic mass is 19.4. The smallest absolute Gasteiger partial charge is 0.397 e. The Morgan fingerprint density at radius 3 is 2.52 bits per heavy atom. The summed E-state index contributed by atoms with van der Waals surface area (Å²) in [4.78, 5) is 4.17. The van der Waals surface area contributed by atoms with Crippen molar-refractivity contribution in [2.45, 2.75) is 6.18 Å². The van der Waals surface area contributed by atoms with Crippen LogP contribution in [0.3, 0.4) is 0 Å². The van der Waals surface area contributed by atoms with E-state index < -0.39 is 11.7 Å². The van der Waals surface area contributed by atoms with Gasteiger partial charge in [0.05, 0.1) is 34.4 Å². The summed E-state index contributed by atoms with van der Waals surface area (Å²) in [5, 5.41) is 0.529. The fourth-order valence-electron chi connectivity index (χ4n) is 2.45. The van der Waals surface area contributed by atoms with E-state index in [4.69, 9.17) is 5.73 Å². The van der Waals surface area contributed by atoms with Crippen molar-refractivity contribution < 1.29 is 13.2 Å². The molecule has 2 heterocycles. The molecule has 21 heavy (non-hydrogen) atoms. The Bertz CT molecular complexity index is 801. The SMILES string of the molecule is Cn1c(-c2ccc(N)cn2)cc2cccc(C(F)(F)F)c21. The summed E-state index contributed by atoms with van der Waals surface area (Å²) in [6.45, 7) is 0. The molecule has 0 unspecified atom stereocenters. The number of halogens is 3. The van der Waals surface area contributed by atoms with Crippen molar-refractivity contribution in [1.29, 1.82) is 0 Å². The normalized spacial score (nSPS) is 12.0. The van der Waals surface area contributed by atoms with Gasteiger partial charge in [-0.25, -0.2) is 0 Å². The zero-order valence-corrected chi connectivity index (χ0v) is 11.1. The molecule has 6 heteroatoms. The summed E-state index contributed by atoms with van der Waals surface area (Å²) in [7, 11) is 1.60. The van der Waals surface area contributed by atoms with E-state index in [9.17, 15) is 13.2 Å². The predicted octanol–water partition coefficient (Wildman–Crippen LogP) is 3.84. The summed E-state index contributed by atoms with van der Waals surface area (Å²) in [5.74, 6) is 0. The molecule has 0 bridgehead atoms. The Hall–Kier alpha value is -2.50. The van der Waals surface area contributed by atoms with Gasteiger partial charge in [0.2, 0.25) is 0 Å². The Labute approximate surface area is 118 Å². The lowest BCUT2D eigenvalue weighted by Crippen LogP contribution is -2.07. The largest absolute Gasteiger partial charge is 0.418 e. The minimum absolute atomic E-state index is 0.152. The number of aromatic nitrogens is 2. The number of fused-ring (bicyclic) bond motifs is 1. The molecule has 108 valence electrons. The zero-order valence-electron chi connectivity index (χ0n) is 11.1. The number of alkyl halides is 3. The highest BCUT2D eigenvalue weighted by Crippen LogP contribution is 2.37. The van der Waals surface area contributed by atoms with Gasteiger partial charge < -0.3 is 10.3 Å². The van der Waals surface area contributed by atoms with E-state index in [1.165, 1.54) is 16.8 Å². The van der Waals surface area contributed by atoms with Crippen LogP contribution in [0.25, 0.3) is 22.3 Å². The number of benzene rings is 1. The van der Waals surface area contributed by atoms with Gasteiger partial charge in [-0.1, -0.05) is 12.1 Å². The van der Waals surface area contributed by atoms with Gasteiger partial charge in [0.15, 0.2) is 0 Å². The van der Waals surface area contributed by atoms with Crippen molar-refractivity contribution >= 4 is 16.6 Å². The van der Waals surface area contributed by atoms with E-state index in [0.717, 1.165) is 6.07 Å². The molecule has 2 aromatic heterocycles. The first kappa shape index (κ1) is 13.5. The summed E-state index contributed by atoms with van der Waals surface area (Å²) < 4.78 is 40.9. The molecule has 0 amide bonds. The van der Waals surface area contributed by atoms with Crippen LogP contribution in [0, 0.1) is 0 Å². The van der Waals surface area contributed by atoms with E-state index in [-0.39, 0.29) is 5.52 Å². The van der Waals surface area contributed by atoms with Crippen LogP contribution in [0.4, 0.5) is 18.9 Å². The molecule has 2 N–H and O–H groups in total. The fraction of sp³-hybridized carbons (Fsp3) is 0.133. The maximum absolute atomic E-state index is 13.1. The topological polar surface area (TPSA) is 43.8 Å². The van der Waals surface area contributed by atoms with E-state index in [1.807, 2.05) is 0 Å². The molecule has 3 nitrogen and oxygen atoms in total. The third-order valence-electron chi connectivity index (χ3n) is 3.41. The van der Waals surface area contributed by atoms with Crippen LogP contribution >= 0.6 is 0 Å². The molecule has 3 rings (SSSR count). The Morgan fingerprint density at radius 1 is 1.14 bits per heavy atom. The third kappa shape index (κ3) is 2.22. The van der Waals surface area contributed by atoms with Gasteiger partial charge in [-0.3, -0.25) is 4.98 Å². The maximum Gasteiger partial charge on any atom is 0.418 e. The maximum atomic E-state index is 13.1. The van der Waals surface area contributed by atoms with Crippen molar-refractivity contribution in [3.05, 3.63) is 48.2 Å². The minimum Gasteiger partial charge on any atom is -0.397 e. The fourth-order valence-corrected chi connectivity index (χ4v) is 2.45. The number of anilines is 1. The van der Waals surface area contributed by atoms with Gasteiger partial charge in [-0.15, -0.1) is 0 Å². The van der Waals surface area contributed by atoms with Gasteiger partial charge >= 0.3 is 6.18 Å². The number of nitrogens with zero attached hydrogens (tertiary/aromatic N) is 2. The van der Waals surface area contributed by atoms with Crippen LogP contribution < -0.4 is 5.73 Å². The first-order valence-corrected chi connectivity index (χ1v) is 6.25. The van der Waals surface area contributed by atoms with Crippen LogP contribution in [0.2, 0.25) is 0 Å². The van der Waals surface area contributed by atoms with Crippen LogP contribution in [0.15, 0.2) is 42.6 Å². The summed E-state index contributed by atoms with van der Waals surface area (Å²) in [5.41, 5.74) is 6.78. The quantitative estimate of drug-likeness (QED) is 0.740. The van der Waals surface area contributed by atoms with Crippen LogP contribution in [0.5, 0.6) is 0 Å². The van der Waals surface area contributed by atoms with E-state index in [1.54, 1.807) is 31.3 Å². The highest BCUT2D eigenvalue weighted by Gasteiger charge is 2.33. The average Bonchev–Trinajstić information content (AvgIpc) is 2.76. The zero-order chi connectivity index (χ0) is 15.2. The molecule has 1 aromatic carbocycles. The molecule has 0 aliphatic rings. The van der Waals surface area contributed by atoms with Gasteiger partial charge in [0.1, 0.15) is 0 Å². The molecule has 3 aromatic rings. The van der Waals surface area contributed by atoms with Gasteiger partial charge in [0.25, 0.3) is 0 Å². The number of aryl methyl sites for hydroxylation is 1. The lowest BCUT2D eigenvalue weighted by atomic mass is 10.1. The molecule has 0 radical (unpaired) electrons. The summed E-state index contributed by atoms with van der Waals surface area (Å²) in [6.07, 6.45) is -2.91. The van der Waals surface area contributed by atoms with E-state index in [0.29, 0.717) is 22.5 Å². The van der Waals surface area contributed by atoms with Crippen LogP contribution in [0.1, 0.15) is 5.56 Å². The van der Waals surface area contributed by atoms with Crippen LogP contribution in [-0.2, 0) is 13.2 Å². The molecule has 0 fully saturated rings. The molecule has 0 saturated heterocycles. The molecule has 0 saturated carbocycles. The first-order valence-electron chi connectivity index (χ1n) is 6.25. The summed E-state index contributed by atoms with van der Waals surface area (Å²) in [6, 6.07) is 9.21. The first-order chi connectivity index (χ1) is 9.88. The number of para-hydroxylation sites is 1. The number of hydrogen-bond donors (Lipinski definition) is 1. The van der Waals surface area contributed by atoms with Crippen molar-refractivity contribution in [1.82, 2.24) is 9.55 Å². The monoisotopic (exact) mass is 291 g/mol. The lowest BCUT2D eigenvalue weighted by molar-refractivity contribution is -0.136. The number of hydrogen-bond acceptors (Lipinski definition) is 2. The second-order valence-electron chi connectivity index (χ2n) is 4.81. The number of pyridine rings is 1. The predicted molar refractivity (Wildman–Crippen MR) is 75.6 cm³/mol. The second-order valence-corrected chi connectivity index (χ2v) is 4.81. The summed E-state index contributed by atoms with van der Waals surface area (Å²) >= 11 is 0. The van der Waals surface area contributed by atoms with Crippen molar-refractivity contribution in [2.24, 2.45) is 7.05 Å². The molecule has 0 aliphatic heterocycles. The molecular weight excluding hydrogens is 279 g/mol. The third-order valence-corrected chi connectivity index (χ3v) is 3.41. The number of nitrogens with two attached hydrogens (primary N) is 1. The van der Waals surface area contributed by atoms with Crippen molar-refractivity contribution in [3.63, 3.8) is 0 Å². The Morgan fingerprint density at radius 2 is 1.90 bits per heavy atom. The van der Waals surface area contributed by atoms with E-state index >= 15 is 0 Å². The molecule has 0 spiro atoms. The van der Waals surface area contributed by atoms with Crippen molar-refractivity contribution in [3.8, 4) is 11.4 Å². The van der Waals surface area contributed by atoms with E-state index in [2.05, 4.69) is 4.98 Å². The highest BCUT2D eigenvalue weighted by molar-refractivity contribution is 5.89. The van der Waals surface area contributed by atoms with Gasteiger partial charge in [-0.2, -0.15) is 13.2 Å². The van der Waals surface area contributed by atoms with Crippen molar-refractivity contribution in [2.75, 3.05) is 5.73 Å². The second kappa shape index (κ2) is 4.51. The number of rotatable bonds is 1. The molecule has 0 aliphatic carbocycles. The standard InChI is InChI=1S/C15H12F3N3/c1-21-13(12-6-5-10(19)8-20-12)7-9-3-2-4-11(14(9)21)15(16,17)18/h2-8H,19H2,1H3. The average molecular weight is 291 g/mol. The molecular formula is C15H12F3N3. The van der Waals surface area contributed by atoms with Crippen LogP contribution in [-0.4, -0.2) is 9.55 Å². The minimum atomic E-state index is -4.39. The Balaban J connectivity index is 2.28.